The van der Waals surface area contributed by atoms with Gasteiger partial charge in [-0.2, -0.15) is 10.4 Å². The first-order valence-electron chi connectivity index (χ1n) is 4.57. The number of hydrogen-bond donors (Lipinski definition) is 0. The van der Waals surface area contributed by atoms with Crippen molar-refractivity contribution in [3.63, 3.8) is 0 Å². The van der Waals surface area contributed by atoms with Crippen LogP contribution in [0.4, 0.5) is 0 Å². The van der Waals surface area contributed by atoms with Crippen LogP contribution in [0.1, 0.15) is 5.69 Å². The molecule has 2 aromatic rings. The largest absolute Gasteiger partial charge is 0.240 e. The van der Waals surface area contributed by atoms with E-state index in [4.69, 9.17) is 16.9 Å². The Bertz CT molecular complexity index is 539. The minimum Gasteiger partial charge on any atom is -0.240 e. The molecule has 0 saturated heterocycles. The van der Waals surface area contributed by atoms with Crippen LogP contribution in [0, 0.1) is 11.3 Å². The van der Waals surface area contributed by atoms with E-state index in [0.717, 1.165) is 15.9 Å². The maximum absolute atomic E-state index is 8.62. The van der Waals surface area contributed by atoms with Crippen LogP contribution >= 0.6 is 27.5 Å². The van der Waals surface area contributed by atoms with Gasteiger partial charge in [0.15, 0.2) is 0 Å². The number of rotatable bonds is 2. The van der Waals surface area contributed by atoms with Crippen LogP contribution in [0.5, 0.6) is 0 Å². The zero-order chi connectivity index (χ0) is 11.5. The van der Waals surface area contributed by atoms with Crippen molar-refractivity contribution in [2.75, 3.05) is 0 Å². The molecule has 1 aromatic carbocycles. The summed E-state index contributed by atoms with van der Waals surface area (Å²) in [4.78, 5) is 0. The molecule has 0 radical (unpaired) electrons. The molecule has 0 aliphatic rings. The summed E-state index contributed by atoms with van der Waals surface area (Å²) in [6.07, 6.45) is 2.12. The third kappa shape index (κ3) is 2.26. The van der Waals surface area contributed by atoms with E-state index in [1.165, 1.54) is 0 Å². The summed E-state index contributed by atoms with van der Waals surface area (Å²) >= 11 is 9.17. The summed E-state index contributed by atoms with van der Waals surface area (Å²) in [7, 11) is 0. The van der Waals surface area contributed by atoms with Gasteiger partial charge in [0.1, 0.15) is 0 Å². The van der Waals surface area contributed by atoms with Crippen LogP contribution in [0.15, 0.2) is 34.9 Å². The summed E-state index contributed by atoms with van der Waals surface area (Å²) in [6, 6.07) is 9.42. The zero-order valence-corrected chi connectivity index (χ0v) is 10.5. The molecule has 0 aliphatic heterocycles. The number of nitrogens with zero attached hydrogens (tertiary/aromatic N) is 3. The molecule has 1 aromatic heterocycles. The van der Waals surface area contributed by atoms with Crippen molar-refractivity contribution in [1.29, 1.82) is 5.26 Å². The highest BCUT2D eigenvalue weighted by molar-refractivity contribution is 9.10. The molecule has 0 bridgehead atoms. The van der Waals surface area contributed by atoms with Crippen molar-refractivity contribution in [3.8, 4) is 11.8 Å². The lowest BCUT2D eigenvalue weighted by Gasteiger charge is -2.00. The quantitative estimate of drug-likeness (QED) is 0.853. The average Bonchev–Trinajstić information content (AvgIpc) is 2.62. The van der Waals surface area contributed by atoms with E-state index in [1.807, 2.05) is 18.3 Å². The zero-order valence-electron chi connectivity index (χ0n) is 8.19. The maximum atomic E-state index is 8.62. The fraction of sp³-hybridized carbons (Fsp3) is 0.0909. The smallest absolute Gasteiger partial charge is 0.0911 e. The number of halogens is 2. The van der Waals surface area contributed by atoms with Crippen molar-refractivity contribution in [2.24, 2.45) is 0 Å². The predicted octanol–water partition coefficient (Wildman–Crippen LogP) is 3.35. The number of benzene rings is 1. The van der Waals surface area contributed by atoms with Gasteiger partial charge in [-0.05, 0) is 40.2 Å². The standard InChI is InChI=1S/C11H7BrClN3/c12-10-7-16(15-11(10)5-6-14)9-3-1-8(13)2-4-9/h1-4,7H,5H2. The molecule has 3 nitrogen and oxygen atoms in total. The number of hydrogen-bond acceptors (Lipinski definition) is 2. The predicted molar refractivity (Wildman–Crippen MR) is 65.6 cm³/mol. The highest BCUT2D eigenvalue weighted by atomic mass is 79.9. The highest BCUT2D eigenvalue weighted by Crippen LogP contribution is 2.19. The summed E-state index contributed by atoms with van der Waals surface area (Å²) < 4.78 is 2.55. The van der Waals surface area contributed by atoms with E-state index in [-0.39, 0.29) is 0 Å². The molecule has 5 heteroatoms. The second-order valence-electron chi connectivity index (χ2n) is 3.18. The molecule has 0 atom stereocenters. The fourth-order valence-corrected chi connectivity index (χ4v) is 1.85. The topological polar surface area (TPSA) is 41.6 Å². The summed E-state index contributed by atoms with van der Waals surface area (Å²) in [5.74, 6) is 0. The molecular formula is C11H7BrClN3. The summed E-state index contributed by atoms with van der Waals surface area (Å²) in [5, 5.41) is 13.6. The van der Waals surface area contributed by atoms with E-state index in [0.29, 0.717) is 11.4 Å². The summed E-state index contributed by atoms with van der Waals surface area (Å²) in [5.41, 5.74) is 1.65. The van der Waals surface area contributed by atoms with Crippen molar-refractivity contribution < 1.29 is 0 Å². The van der Waals surface area contributed by atoms with Gasteiger partial charge in [0, 0.05) is 11.2 Å². The van der Waals surface area contributed by atoms with Gasteiger partial charge in [-0.1, -0.05) is 11.6 Å². The monoisotopic (exact) mass is 295 g/mol. The fourth-order valence-electron chi connectivity index (χ4n) is 1.31. The molecule has 0 fully saturated rings. The normalized spacial score (nSPS) is 10.1. The molecule has 16 heavy (non-hydrogen) atoms. The molecule has 0 N–H and O–H groups in total. The molecule has 80 valence electrons. The van der Waals surface area contributed by atoms with Crippen molar-refractivity contribution in [1.82, 2.24) is 9.78 Å². The van der Waals surface area contributed by atoms with Crippen molar-refractivity contribution in [2.45, 2.75) is 6.42 Å². The Balaban J connectivity index is 2.38. The maximum Gasteiger partial charge on any atom is 0.0911 e. The van der Waals surface area contributed by atoms with E-state index in [1.54, 1.807) is 16.8 Å². The third-order valence-corrected chi connectivity index (χ3v) is 2.99. The third-order valence-electron chi connectivity index (χ3n) is 2.08. The Labute approximate surface area is 106 Å². The second-order valence-corrected chi connectivity index (χ2v) is 4.47. The van der Waals surface area contributed by atoms with Gasteiger partial charge in [-0.3, -0.25) is 0 Å². The van der Waals surface area contributed by atoms with Gasteiger partial charge in [-0.15, -0.1) is 0 Å². The van der Waals surface area contributed by atoms with Crippen LogP contribution in [-0.4, -0.2) is 9.78 Å². The van der Waals surface area contributed by atoms with E-state index in [2.05, 4.69) is 27.1 Å². The first-order valence-corrected chi connectivity index (χ1v) is 5.75. The van der Waals surface area contributed by atoms with Crippen molar-refractivity contribution >= 4 is 27.5 Å². The molecule has 0 spiro atoms. The lowest BCUT2D eigenvalue weighted by molar-refractivity contribution is 0.853. The Morgan fingerprint density at radius 2 is 2.06 bits per heavy atom. The first-order chi connectivity index (χ1) is 7.70. The van der Waals surface area contributed by atoms with Gasteiger partial charge in [0.05, 0.1) is 28.3 Å². The number of nitriles is 1. The Kier molecular flexibility index (Phi) is 3.28. The highest BCUT2D eigenvalue weighted by Gasteiger charge is 2.06. The molecule has 2 rings (SSSR count). The molecule has 0 aliphatic carbocycles. The lowest BCUT2D eigenvalue weighted by Crippen LogP contribution is -1.95. The van der Waals surface area contributed by atoms with E-state index < -0.39 is 0 Å². The van der Waals surface area contributed by atoms with Crippen LogP contribution in [0.2, 0.25) is 5.02 Å². The first kappa shape index (κ1) is 11.2. The van der Waals surface area contributed by atoms with Gasteiger partial charge >= 0.3 is 0 Å². The van der Waals surface area contributed by atoms with Crippen LogP contribution in [-0.2, 0) is 6.42 Å². The minimum atomic E-state index is 0.293. The van der Waals surface area contributed by atoms with Gasteiger partial charge in [0.25, 0.3) is 0 Å². The summed E-state index contributed by atoms with van der Waals surface area (Å²) in [6.45, 7) is 0. The molecule has 0 unspecified atom stereocenters. The van der Waals surface area contributed by atoms with Crippen LogP contribution in [0.3, 0.4) is 0 Å². The van der Waals surface area contributed by atoms with E-state index >= 15 is 0 Å². The van der Waals surface area contributed by atoms with Crippen molar-refractivity contribution in [3.05, 3.63) is 45.7 Å². The Hall–Kier alpha value is -1.31. The molecule has 0 saturated carbocycles. The molecule has 0 amide bonds. The van der Waals surface area contributed by atoms with Gasteiger partial charge < -0.3 is 0 Å². The Morgan fingerprint density at radius 3 is 2.69 bits per heavy atom. The lowest BCUT2D eigenvalue weighted by atomic mass is 10.3. The van der Waals surface area contributed by atoms with Gasteiger partial charge in [0.2, 0.25) is 0 Å². The van der Waals surface area contributed by atoms with E-state index in [9.17, 15) is 0 Å². The second kappa shape index (κ2) is 4.69. The molecule has 1 heterocycles. The van der Waals surface area contributed by atoms with Gasteiger partial charge in [-0.25, -0.2) is 4.68 Å². The van der Waals surface area contributed by atoms with Crippen LogP contribution < -0.4 is 0 Å². The van der Waals surface area contributed by atoms with Crippen LogP contribution in [0.25, 0.3) is 5.69 Å². The average molecular weight is 297 g/mol. The molecular weight excluding hydrogens is 289 g/mol. The number of aromatic nitrogens is 2. The minimum absolute atomic E-state index is 0.293. The Morgan fingerprint density at radius 1 is 1.38 bits per heavy atom. The SMILES string of the molecule is N#CCc1nn(-c2ccc(Cl)cc2)cc1Br.